The van der Waals surface area contributed by atoms with Crippen LogP contribution < -0.4 is 5.73 Å². The second kappa shape index (κ2) is 7.32. The number of aromatic nitrogens is 2. The van der Waals surface area contributed by atoms with E-state index in [1.54, 1.807) is 0 Å². The van der Waals surface area contributed by atoms with Crippen LogP contribution in [0.4, 0.5) is 17.6 Å². The van der Waals surface area contributed by atoms with Gasteiger partial charge in [-0.1, -0.05) is 0 Å². The van der Waals surface area contributed by atoms with Crippen molar-refractivity contribution in [1.82, 2.24) is 14.9 Å². The average molecular weight is 320 g/mol. The summed E-state index contributed by atoms with van der Waals surface area (Å²) in [5, 5.41) is 0. The Morgan fingerprint density at radius 1 is 1.18 bits per heavy atom. The predicted molar refractivity (Wildman–Crippen MR) is 73.8 cm³/mol. The molecule has 8 heteroatoms. The van der Waals surface area contributed by atoms with Gasteiger partial charge in [0.25, 0.3) is 0 Å². The van der Waals surface area contributed by atoms with E-state index >= 15 is 0 Å². The molecule has 2 rings (SSSR count). The van der Waals surface area contributed by atoms with Crippen LogP contribution in [0.2, 0.25) is 0 Å². The third-order valence-corrected chi connectivity index (χ3v) is 3.90. The molecule has 0 bridgehead atoms. The number of hydrogen-bond acceptors (Lipinski definition) is 4. The van der Waals surface area contributed by atoms with Gasteiger partial charge in [0.05, 0.1) is 6.04 Å². The van der Waals surface area contributed by atoms with Crippen LogP contribution in [0.25, 0.3) is 0 Å². The lowest BCUT2D eigenvalue weighted by Gasteiger charge is -2.32. The van der Waals surface area contributed by atoms with Crippen molar-refractivity contribution >= 4 is 0 Å². The molecule has 22 heavy (non-hydrogen) atoms. The first-order valence-electron chi connectivity index (χ1n) is 7.39. The Morgan fingerprint density at radius 2 is 1.73 bits per heavy atom. The Balaban J connectivity index is 2.10. The van der Waals surface area contributed by atoms with E-state index in [9.17, 15) is 17.6 Å². The molecule has 124 valence electrons. The minimum atomic E-state index is -4.55. The second-order valence-electron chi connectivity index (χ2n) is 5.51. The van der Waals surface area contributed by atoms with Crippen molar-refractivity contribution < 1.29 is 17.6 Å². The number of nitrogens with two attached hydrogens (primary N) is 1. The minimum absolute atomic E-state index is 0.238. The summed E-state index contributed by atoms with van der Waals surface area (Å²) in [5.74, 6) is -1.15. The Bertz CT molecular complexity index is 453. The van der Waals surface area contributed by atoms with Crippen LogP contribution in [0.1, 0.15) is 43.1 Å². The summed E-state index contributed by atoms with van der Waals surface area (Å²) in [6, 6.07) is -0.238. The molecule has 1 saturated heterocycles. The molecule has 1 atom stereocenters. The van der Waals surface area contributed by atoms with Crippen molar-refractivity contribution in [2.75, 3.05) is 19.6 Å². The fourth-order valence-corrected chi connectivity index (χ4v) is 2.75. The summed E-state index contributed by atoms with van der Waals surface area (Å²) in [6.07, 6.45) is -0.498. The molecule has 0 aromatic carbocycles. The van der Waals surface area contributed by atoms with Crippen LogP contribution in [0.15, 0.2) is 12.4 Å². The summed E-state index contributed by atoms with van der Waals surface area (Å²) >= 11 is 0. The van der Waals surface area contributed by atoms with Gasteiger partial charge >= 0.3 is 6.18 Å². The van der Waals surface area contributed by atoms with Crippen LogP contribution in [0.5, 0.6) is 0 Å². The molecule has 1 fully saturated rings. The Labute approximate surface area is 126 Å². The van der Waals surface area contributed by atoms with Gasteiger partial charge in [0, 0.05) is 24.5 Å². The number of nitrogens with zero attached hydrogens (tertiary/aromatic N) is 3. The molecule has 4 nitrogen and oxygen atoms in total. The number of alkyl halides is 4. The minimum Gasteiger partial charge on any atom is -0.329 e. The van der Waals surface area contributed by atoms with Crippen LogP contribution in [-0.4, -0.2) is 40.7 Å². The van der Waals surface area contributed by atoms with Crippen LogP contribution in [0.3, 0.4) is 0 Å². The maximum atomic E-state index is 13.3. The lowest BCUT2D eigenvalue weighted by Crippen LogP contribution is -2.37. The zero-order chi connectivity index (χ0) is 16.2. The van der Waals surface area contributed by atoms with Gasteiger partial charge in [-0.3, -0.25) is 4.90 Å². The highest BCUT2D eigenvalue weighted by Gasteiger charge is 2.34. The first kappa shape index (κ1) is 17.1. The molecule has 1 unspecified atom stereocenters. The second-order valence-corrected chi connectivity index (χ2v) is 5.51. The lowest BCUT2D eigenvalue weighted by atomic mass is 10.0. The van der Waals surface area contributed by atoms with Gasteiger partial charge in [0.2, 0.25) is 5.82 Å². The van der Waals surface area contributed by atoms with Crippen LogP contribution in [-0.2, 0) is 6.18 Å². The average Bonchev–Trinajstić information content (AvgIpc) is 2.44. The van der Waals surface area contributed by atoms with Crippen LogP contribution >= 0.6 is 0 Å². The molecule has 2 heterocycles. The smallest absolute Gasteiger partial charge is 0.329 e. The molecule has 0 radical (unpaired) electrons. The molecule has 0 spiro atoms. The van der Waals surface area contributed by atoms with Crippen molar-refractivity contribution in [2.45, 2.75) is 44.1 Å². The molecule has 1 aromatic rings. The summed E-state index contributed by atoms with van der Waals surface area (Å²) < 4.78 is 50.8. The molecule has 1 aliphatic heterocycles. The number of likely N-dealkylation sites (tertiary alicyclic amines) is 1. The standard InChI is InChI=1S/C14H20F4N4/c15-11-3-1-5-22(6-2-4-11)12(7-19)10-8-20-13(21-9-10)14(16,17)18/h8-9,11-12H,1-7,19H2. The quantitative estimate of drug-likeness (QED) is 0.870. The SMILES string of the molecule is NCC(c1cnc(C(F)(F)F)nc1)N1CCCC(F)CCC1. The fourth-order valence-electron chi connectivity index (χ4n) is 2.75. The predicted octanol–water partition coefficient (Wildman–Crippen LogP) is 2.71. The van der Waals surface area contributed by atoms with E-state index < -0.39 is 18.2 Å². The molecule has 2 N–H and O–H groups in total. The van der Waals surface area contributed by atoms with Gasteiger partial charge in [0.1, 0.15) is 6.17 Å². The van der Waals surface area contributed by atoms with Gasteiger partial charge in [-0.2, -0.15) is 13.2 Å². The molecule has 1 aliphatic rings. The summed E-state index contributed by atoms with van der Waals surface area (Å²) in [5.41, 5.74) is 6.35. The van der Waals surface area contributed by atoms with Gasteiger partial charge in [-0.05, 0) is 38.8 Å². The normalized spacial score (nSPS) is 20.4. The van der Waals surface area contributed by atoms with Crippen molar-refractivity contribution in [3.8, 4) is 0 Å². The topological polar surface area (TPSA) is 55.0 Å². The summed E-state index contributed by atoms with van der Waals surface area (Å²) in [6.45, 7) is 1.60. The number of halogens is 4. The first-order valence-corrected chi connectivity index (χ1v) is 7.39. The van der Waals surface area contributed by atoms with E-state index in [-0.39, 0.29) is 12.6 Å². The third-order valence-electron chi connectivity index (χ3n) is 3.90. The van der Waals surface area contributed by atoms with Crippen molar-refractivity contribution in [3.05, 3.63) is 23.8 Å². The Morgan fingerprint density at radius 3 is 2.18 bits per heavy atom. The van der Waals surface area contributed by atoms with Gasteiger partial charge in [0.15, 0.2) is 0 Å². The Kier molecular flexibility index (Phi) is 5.69. The summed E-state index contributed by atoms with van der Waals surface area (Å²) in [7, 11) is 0. The summed E-state index contributed by atoms with van der Waals surface area (Å²) in [4.78, 5) is 8.86. The number of rotatable bonds is 3. The van der Waals surface area contributed by atoms with Crippen molar-refractivity contribution in [2.24, 2.45) is 5.73 Å². The molecule has 0 amide bonds. The highest BCUT2D eigenvalue weighted by atomic mass is 19.4. The maximum absolute atomic E-state index is 13.3. The third kappa shape index (κ3) is 4.36. The lowest BCUT2D eigenvalue weighted by molar-refractivity contribution is -0.145. The highest BCUT2D eigenvalue weighted by molar-refractivity contribution is 5.13. The van der Waals surface area contributed by atoms with E-state index in [0.29, 0.717) is 44.3 Å². The fraction of sp³-hybridized carbons (Fsp3) is 0.714. The first-order chi connectivity index (χ1) is 10.4. The Hall–Kier alpha value is -1.28. The number of hydrogen-bond donors (Lipinski definition) is 1. The van der Waals surface area contributed by atoms with Gasteiger partial charge in [-0.25, -0.2) is 14.4 Å². The van der Waals surface area contributed by atoms with E-state index in [4.69, 9.17) is 5.73 Å². The molecule has 0 aliphatic carbocycles. The largest absolute Gasteiger partial charge is 0.451 e. The van der Waals surface area contributed by atoms with Crippen molar-refractivity contribution in [1.29, 1.82) is 0 Å². The molecule has 1 aromatic heterocycles. The van der Waals surface area contributed by atoms with E-state index in [1.165, 1.54) is 12.4 Å². The maximum Gasteiger partial charge on any atom is 0.451 e. The van der Waals surface area contributed by atoms with Crippen molar-refractivity contribution in [3.63, 3.8) is 0 Å². The zero-order valence-electron chi connectivity index (χ0n) is 12.2. The van der Waals surface area contributed by atoms with Gasteiger partial charge in [-0.15, -0.1) is 0 Å². The van der Waals surface area contributed by atoms with E-state index in [1.807, 2.05) is 0 Å². The molecular formula is C14H20F4N4. The van der Waals surface area contributed by atoms with E-state index in [2.05, 4.69) is 14.9 Å². The monoisotopic (exact) mass is 320 g/mol. The molecular weight excluding hydrogens is 300 g/mol. The van der Waals surface area contributed by atoms with Crippen LogP contribution in [0, 0.1) is 0 Å². The van der Waals surface area contributed by atoms with Gasteiger partial charge < -0.3 is 5.73 Å². The zero-order valence-corrected chi connectivity index (χ0v) is 12.2. The molecule has 0 saturated carbocycles. The van der Waals surface area contributed by atoms with E-state index in [0.717, 1.165) is 0 Å². The highest BCUT2D eigenvalue weighted by Crippen LogP contribution is 2.27.